The molecule has 0 saturated carbocycles. The van der Waals surface area contributed by atoms with Crippen molar-refractivity contribution >= 4 is 30.7 Å². The van der Waals surface area contributed by atoms with E-state index in [-0.39, 0.29) is 42.3 Å². The van der Waals surface area contributed by atoms with Crippen LogP contribution in [-0.4, -0.2) is 36.5 Å². The van der Waals surface area contributed by atoms with Gasteiger partial charge < -0.3 is 21.1 Å². The summed E-state index contributed by atoms with van der Waals surface area (Å²) in [4.78, 5) is 14.3. The smallest absolute Gasteiger partial charge is 0.257 e. The van der Waals surface area contributed by atoms with Gasteiger partial charge in [-0.3, -0.25) is 4.79 Å². The van der Waals surface area contributed by atoms with Crippen molar-refractivity contribution in [2.24, 2.45) is 11.5 Å². The van der Waals surface area contributed by atoms with Crippen molar-refractivity contribution in [1.29, 1.82) is 0 Å². The number of likely N-dealkylation sites (tertiary alicyclic amines) is 1. The van der Waals surface area contributed by atoms with Crippen LogP contribution in [0.1, 0.15) is 28.8 Å². The Bertz CT molecular complexity index is 775. The van der Waals surface area contributed by atoms with Crippen molar-refractivity contribution < 1.29 is 13.9 Å². The molecule has 4 N–H and O–H groups in total. The molecule has 8 heteroatoms. The lowest BCUT2D eigenvalue weighted by Gasteiger charge is -2.31. The molecule has 154 valence electrons. The topological polar surface area (TPSA) is 81.6 Å². The molecule has 0 radical (unpaired) electrons. The molecule has 1 heterocycles. The predicted molar refractivity (Wildman–Crippen MR) is 113 cm³/mol. The largest absolute Gasteiger partial charge is 0.457 e. The van der Waals surface area contributed by atoms with Crippen LogP contribution in [0.3, 0.4) is 0 Å². The van der Waals surface area contributed by atoms with E-state index in [0.29, 0.717) is 31.1 Å². The predicted octanol–water partition coefficient (Wildman–Crippen LogP) is 3.53. The molecule has 0 spiro atoms. The van der Waals surface area contributed by atoms with E-state index in [1.165, 1.54) is 18.2 Å². The van der Waals surface area contributed by atoms with Crippen LogP contribution in [-0.2, 0) is 6.42 Å². The summed E-state index contributed by atoms with van der Waals surface area (Å²) in [6.07, 6.45) is 2.52. The fourth-order valence-electron chi connectivity index (χ4n) is 3.12. The number of ether oxygens (including phenoxy) is 1. The summed E-state index contributed by atoms with van der Waals surface area (Å²) >= 11 is 0. The molecule has 0 bridgehead atoms. The van der Waals surface area contributed by atoms with Gasteiger partial charge in [-0.25, -0.2) is 4.39 Å². The van der Waals surface area contributed by atoms with E-state index in [1.807, 2.05) is 24.3 Å². The summed E-state index contributed by atoms with van der Waals surface area (Å²) < 4.78 is 20.0. The second-order valence-corrected chi connectivity index (χ2v) is 6.58. The Labute approximate surface area is 177 Å². The van der Waals surface area contributed by atoms with Gasteiger partial charge in [0.05, 0.1) is 5.56 Å². The summed E-state index contributed by atoms with van der Waals surface area (Å²) in [5, 5.41) is 0. The second-order valence-electron chi connectivity index (χ2n) is 6.58. The second kappa shape index (κ2) is 11.2. The normalized spacial score (nSPS) is 16.0. The Morgan fingerprint density at radius 2 is 1.82 bits per heavy atom. The highest BCUT2D eigenvalue weighted by atomic mass is 35.5. The van der Waals surface area contributed by atoms with Gasteiger partial charge in [-0.1, -0.05) is 12.1 Å². The zero-order valence-electron chi connectivity index (χ0n) is 15.5. The molecule has 28 heavy (non-hydrogen) atoms. The monoisotopic (exact) mass is 429 g/mol. The number of carbonyl (C=O) groups excluding carboxylic acids is 1. The van der Waals surface area contributed by atoms with Crippen molar-refractivity contribution in [2.75, 3.05) is 19.6 Å². The Morgan fingerprint density at radius 1 is 1.14 bits per heavy atom. The van der Waals surface area contributed by atoms with Crippen molar-refractivity contribution in [2.45, 2.75) is 25.3 Å². The number of benzene rings is 2. The number of piperidine rings is 1. The summed E-state index contributed by atoms with van der Waals surface area (Å²) in [5.41, 5.74) is 12.6. The van der Waals surface area contributed by atoms with Gasteiger partial charge in [0.15, 0.2) is 0 Å². The lowest BCUT2D eigenvalue weighted by Crippen LogP contribution is -2.45. The van der Waals surface area contributed by atoms with Crippen LogP contribution in [0.25, 0.3) is 0 Å². The summed E-state index contributed by atoms with van der Waals surface area (Å²) in [5.74, 6) is 0.139. The van der Waals surface area contributed by atoms with Crippen molar-refractivity contribution in [1.82, 2.24) is 4.90 Å². The van der Waals surface area contributed by atoms with E-state index in [9.17, 15) is 9.18 Å². The quantitative estimate of drug-likeness (QED) is 0.761. The first kappa shape index (κ1) is 24.2. The van der Waals surface area contributed by atoms with Crippen LogP contribution in [0.2, 0.25) is 0 Å². The van der Waals surface area contributed by atoms with Crippen molar-refractivity contribution in [3.8, 4) is 11.5 Å². The maximum Gasteiger partial charge on any atom is 0.257 e. The van der Waals surface area contributed by atoms with Gasteiger partial charge in [-0.05, 0) is 61.7 Å². The van der Waals surface area contributed by atoms with Gasteiger partial charge in [0.25, 0.3) is 5.91 Å². The Hall–Kier alpha value is -1.86. The highest BCUT2D eigenvalue weighted by molar-refractivity contribution is 5.95. The number of amides is 1. The van der Waals surface area contributed by atoms with Crippen molar-refractivity contribution in [3.63, 3.8) is 0 Å². The van der Waals surface area contributed by atoms with Gasteiger partial charge in [0, 0.05) is 19.1 Å². The molecule has 5 nitrogen and oxygen atoms in total. The third-order valence-corrected chi connectivity index (χ3v) is 4.51. The average molecular weight is 430 g/mol. The molecule has 2 aromatic carbocycles. The van der Waals surface area contributed by atoms with E-state index in [4.69, 9.17) is 16.2 Å². The number of nitrogens with two attached hydrogens (primary N) is 2. The van der Waals surface area contributed by atoms with Gasteiger partial charge in [-0.15, -0.1) is 24.8 Å². The van der Waals surface area contributed by atoms with E-state index >= 15 is 0 Å². The summed E-state index contributed by atoms with van der Waals surface area (Å²) in [6, 6.07) is 11.7. The van der Waals surface area contributed by atoms with Crippen LogP contribution < -0.4 is 16.2 Å². The van der Waals surface area contributed by atoms with E-state index < -0.39 is 5.82 Å². The van der Waals surface area contributed by atoms with Gasteiger partial charge >= 0.3 is 0 Å². The van der Waals surface area contributed by atoms with Gasteiger partial charge in [0.1, 0.15) is 17.3 Å². The zero-order valence-corrected chi connectivity index (χ0v) is 17.1. The summed E-state index contributed by atoms with van der Waals surface area (Å²) in [6.45, 7) is 1.63. The number of hydrogen-bond acceptors (Lipinski definition) is 4. The number of halogens is 3. The van der Waals surface area contributed by atoms with E-state index in [0.717, 1.165) is 24.8 Å². The third kappa shape index (κ3) is 6.07. The maximum atomic E-state index is 14.2. The van der Waals surface area contributed by atoms with Crippen LogP contribution >= 0.6 is 24.8 Å². The molecule has 0 aliphatic carbocycles. The first-order valence-corrected chi connectivity index (χ1v) is 8.88. The molecule has 0 unspecified atom stereocenters. The van der Waals surface area contributed by atoms with E-state index in [2.05, 4.69) is 0 Å². The molecular formula is C20H26Cl2FN3O2. The Balaban J connectivity index is 0.00000196. The van der Waals surface area contributed by atoms with Crippen LogP contribution in [0.15, 0.2) is 42.5 Å². The summed E-state index contributed by atoms with van der Waals surface area (Å²) in [7, 11) is 0. The lowest BCUT2D eigenvalue weighted by molar-refractivity contribution is 0.0703. The minimum atomic E-state index is -0.556. The minimum Gasteiger partial charge on any atom is -0.457 e. The Morgan fingerprint density at radius 3 is 2.46 bits per heavy atom. The highest BCUT2D eigenvalue weighted by Crippen LogP contribution is 2.25. The maximum absolute atomic E-state index is 14.2. The SMILES string of the molecule is Cl.Cl.NCCc1ccc(Oc2ccc(F)c(C(=O)N3CCC[C@H](N)C3)c2)cc1. The molecule has 0 aromatic heterocycles. The third-order valence-electron chi connectivity index (χ3n) is 4.51. The van der Waals surface area contributed by atoms with Crippen LogP contribution in [0.5, 0.6) is 11.5 Å². The van der Waals surface area contributed by atoms with Gasteiger partial charge in [0.2, 0.25) is 0 Å². The standard InChI is InChI=1S/C20H24FN3O2.2ClH/c21-19-8-7-17(26-16-5-3-14(4-6-16)9-10-22)12-18(19)20(25)24-11-1-2-15(23)13-24;;/h3-8,12,15H,1-2,9-11,13,22-23H2;2*1H/t15-;;/m0../s1. The lowest BCUT2D eigenvalue weighted by atomic mass is 10.0. The number of carbonyl (C=O) groups is 1. The fraction of sp³-hybridized carbons (Fsp3) is 0.350. The molecule has 3 rings (SSSR count). The molecule has 1 aliphatic heterocycles. The van der Waals surface area contributed by atoms with E-state index in [1.54, 1.807) is 4.90 Å². The first-order chi connectivity index (χ1) is 12.6. The molecule has 1 atom stereocenters. The highest BCUT2D eigenvalue weighted by Gasteiger charge is 2.24. The minimum absolute atomic E-state index is 0. The molecule has 1 fully saturated rings. The molecule has 1 aliphatic rings. The number of rotatable bonds is 5. The van der Waals surface area contributed by atoms with Gasteiger partial charge in [-0.2, -0.15) is 0 Å². The molecule has 1 saturated heterocycles. The fourth-order valence-corrected chi connectivity index (χ4v) is 3.12. The number of nitrogens with zero attached hydrogens (tertiary/aromatic N) is 1. The molecule has 2 aromatic rings. The zero-order chi connectivity index (χ0) is 18.5. The first-order valence-electron chi connectivity index (χ1n) is 8.88. The van der Waals surface area contributed by atoms with Crippen molar-refractivity contribution in [3.05, 3.63) is 59.4 Å². The number of hydrogen-bond donors (Lipinski definition) is 2. The Kier molecular flexibility index (Phi) is 9.69. The van der Waals surface area contributed by atoms with Crippen LogP contribution in [0, 0.1) is 5.82 Å². The average Bonchev–Trinajstić information content (AvgIpc) is 2.64. The molecular weight excluding hydrogens is 404 g/mol. The molecule has 1 amide bonds. The van der Waals surface area contributed by atoms with Crippen LogP contribution in [0.4, 0.5) is 4.39 Å².